The molecule has 0 fully saturated rings. The number of nitrogens with zero attached hydrogens (tertiary/aromatic N) is 4. The number of aromatic amines is 1. The number of nitrogens with one attached hydrogen (secondary N) is 1. The summed E-state index contributed by atoms with van der Waals surface area (Å²) in [6.07, 6.45) is 1.88. The number of aromatic nitrogens is 5. The van der Waals surface area contributed by atoms with E-state index in [0.717, 1.165) is 28.5 Å². The van der Waals surface area contributed by atoms with Crippen molar-refractivity contribution in [2.24, 2.45) is 0 Å². The second kappa shape index (κ2) is 6.12. The topological polar surface area (TPSA) is 77.9 Å². The number of ether oxygens (including phenoxy) is 2. The highest BCUT2D eigenvalue weighted by Gasteiger charge is 2.10. The van der Waals surface area contributed by atoms with Crippen molar-refractivity contribution in [2.45, 2.75) is 20.4 Å². The van der Waals surface area contributed by atoms with E-state index in [1.165, 1.54) is 0 Å². The predicted octanol–water partition coefficient (Wildman–Crippen LogP) is 2.35. The lowest BCUT2D eigenvalue weighted by molar-refractivity contribution is 0.355. The zero-order chi connectivity index (χ0) is 16.4. The standard InChI is InChI=1S/C16H19N5O2/c1-10-11(2)18-16(17-10)9-21-8-13(19-20-21)12-5-6-14(22-3)15(7-12)23-4/h5-8H,9H2,1-4H3,(H,17,18). The van der Waals surface area contributed by atoms with Gasteiger partial charge in [-0.25, -0.2) is 9.67 Å². The van der Waals surface area contributed by atoms with Crippen LogP contribution in [0.4, 0.5) is 0 Å². The van der Waals surface area contributed by atoms with Gasteiger partial charge in [-0.2, -0.15) is 0 Å². The van der Waals surface area contributed by atoms with Crippen LogP contribution in [0.15, 0.2) is 24.4 Å². The Labute approximate surface area is 134 Å². The molecule has 7 heteroatoms. The van der Waals surface area contributed by atoms with Gasteiger partial charge in [-0.1, -0.05) is 5.21 Å². The molecule has 0 radical (unpaired) electrons. The van der Waals surface area contributed by atoms with E-state index in [9.17, 15) is 0 Å². The van der Waals surface area contributed by atoms with E-state index in [4.69, 9.17) is 9.47 Å². The predicted molar refractivity (Wildman–Crippen MR) is 85.7 cm³/mol. The normalized spacial score (nSPS) is 10.8. The van der Waals surface area contributed by atoms with Crippen molar-refractivity contribution in [1.82, 2.24) is 25.0 Å². The fourth-order valence-electron chi connectivity index (χ4n) is 2.35. The maximum Gasteiger partial charge on any atom is 0.161 e. The summed E-state index contributed by atoms with van der Waals surface area (Å²) in [6.45, 7) is 4.53. The average Bonchev–Trinajstić information content (AvgIpc) is 3.14. The number of imidazole rings is 1. The van der Waals surface area contributed by atoms with Crippen LogP contribution in [-0.4, -0.2) is 39.2 Å². The number of hydrogen-bond acceptors (Lipinski definition) is 5. The Hall–Kier alpha value is -2.83. The molecule has 0 spiro atoms. The van der Waals surface area contributed by atoms with Crippen LogP contribution in [0.3, 0.4) is 0 Å². The third kappa shape index (κ3) is 3.03. The number of aryl methyl sites for hydroxylation is 2. The van der Waals surface area contributed by atoms with Crippen molar-refractivity contribution in [1.29, 1.82) is 0 Å². The van der Waals surface area contributed by atoms with Crippen LogP contribution < -0.4 is 9.47 Å². The number of H-pyrrole nitrogens is 1. The maximum absolute atomic E-state index is 5.32. The van der Waals surface area contributed by atoms with Gasteiger partial charge < -0.3 is 14.5 Å². The number of methoxy groups -OCH3 is 2. The summed E-state index contributed by atoms with van der Waals surface area (Å²) in [5, 5.41) is 8.38. The Bertz CT molecular complexity index is 802. The highest BCUT2D eigenvalue weighted by atomic mass is 16.5. The molecule has 0 aliphatic rings. The summed E-state index contributed by atoms with van der Waals surface area (Å²) in [5.41, 5.74) is 3.76. The van der Waals surface area contributed by atoms with Crippen molar-refractivity contribution < 1.29 is 9.47 Å². The molecular formula is C16H19N5O2. The molecule has 0 saturated heterocycles. The van der Waals surface area contributed by atoms with Crippen molar-refractivity contribution in [3.8, 4) is 22.8 Å². The molecule has 3 aromatic rings. The van der Waals surface area contributed by atoms with Gasteiger partial charge in [-0.3, -0.25) is 0 Å². The molecule has 23 heavy (non-hydrogen) atoms. The molecule has 1 aromatic carbocycles. The molecule has 7 nitrogen and oxygen atoms in total. The molecule has 0 aliphatic heterocycles. The Morgan fingerprint density at radius 1 is 1.13 bits per heavy atom. The molecule has 120 valence electrons. The Morgan fingerprint density at radius 3 is 2.57 bits per heavy atom. The van der Waals surface area contributed by atoms with Gasteiger partial charge in [0.15, 0.2) is 11.5 Å². The van der Waals surface area contributed by atoms with Gasteiger partial charge in [0, 0.05) is 11.3 Å². The van der Waals surface area contributed by atoms with E-state index in [2.05, 4.69) is 20.3 Å². The fourth-order valence-corrected chi connectivity index (χ4v) is 2.35. The average molecular weight is 313 g/mol. The summed E-state index contributed by atoms with van der Waals surface area (Å²) < 4.78 is 12.3. The molecular weight excluding hydrogens is 294 g/mol. The first-order valence-electron chi connectivity index (χ1n) is 7.25. The highest BCUT2D eigenvalue weighted by Crippen LogP contribution is 2.31. The second-order valence-electron chi connectivity index (χ2n) is 5.27. The van der Waals surface area contributed by atoms with E-state index in [-0.39, 0.29) is 0 Å². The molecule has 3 rings (SSSR count). The summed E-state index contributed by atoms with van der Waals surface area (Å²) in [5.74, 6) is 2.21. The zero-order valence-electron chi connectivity index (χ0n) is 13.6. The van der Waals surface area contributed by atoms with Crippen LogP contribution in [0.2, 0.25) is 0 Å². The van der Waals surface area contributed by atoms with Crippen LogP contribution in [0, 0.1) is 13.8 Å². The van der Waals surface area contributed by atoms with Gasteiger partial charge in [-0.15, -0.1) is 5.10 Å². The van der Waals surface area contributed by atoms with Crippen LogP contribution >= 0.6 is 0 Å². The largest absolute Gasteiger partial charge is 0.493 e. The van der Waals surface area contributed by atoms with Crippen molar-refractivity contribution >= 4 is 0 Å². The second-order valence-corrected chi connectivity index (χ2v) is 5.27. The van der Waals surface area contributed by atoms with Crippen LogP contribution in [0.25, 0.3) is 11.3 Å². The summed E-state index contributed by atoms with van der Waals surface area (Å²) in [4.78, 5) is 7.70. The smallest absolute Gasteiger partial charge is 0.161 e. The summed E-state index contributed by atoms with van der Waals surface area (Å²) in [6, 6.07) is 5.66. The fraction of sp³-hybridized carbons (Fsp3) is 0.312. The lowest BCUT2D eigenvalue weighted by atomic mass is 10.1. The SMILES string of the molecule is COc1ccc(-c2cn(Cc3nc(C)c(C)[nH]3)nn2)cc1OC. The van der Waals surface area contributed by atoms with E-state index in [1.807, 2.05) is 38.2 Å². The number of rotatable bonds is 5. The molecule has 0 unspecified atom stereocenters. The summed E-state index contributed by atoms with van der Waals surface area (Å²) >= 11 is 0. The zero-order valence-corrected chi connectivity index (χ0v) is 13.6. The summed E-state index contributed by atoms with van der Waals surface area (Å²) in [7, 11) is 3.22. The third-order valence-electron chi connectivity index (χ3n) is 3.71. The Morgan fingerprint density at radius 2 is 1.91 bits per heavy atom. The van der Waals surface area contributed by atoms with Crippen molar-refractivity contribution in [2.75, 3.05) is 14.2 Å². The van der Waals surface area contributed by atoms with E-state index in [0.29, 0.717) is 18.0 Å². The number of hydrogen-bond donors (Lipinski definition) is 1. The van der Waals surface area contributed by atoms with E-state index < -0.39 is 0 Å². The van der Waals surface area contributed by atoms with Crippen LogP contribution in [0.1, 0.15) is 17.2 Å². The molecule has 0 atom stereocenters. The first kappa shape index (κ1) is 15.1. The highest BCUT2D eigenvalue weighted by molar-refractivity contribution is 5.63. The molecule has 1 N–H and O–H groups in total. The van der Waals surface area contributed by atoms with E-state index >= 15 is 0 Å². The van der Waals surface area contributed by atoms with Gasteiger partial charge in [-0.05, 0) is 32.0 Å². The Balaban J connectivity index is 1.84. The van der Waals surface area contributed by atoms with Crippen molar-refractivity contribution in [3.05, 3.63) is 41.6 Å². The molecule has 0 aliphatic carbocycles. The number of benzene rings is 1. The first-order chi connectivity index (χ1) is 11.1. The third-order valence-corrected chi connectivity index (χ3v) is 3.71. The minimum Gasteiger partial charge on any atom is -0.493 e. The van der Waals surface area contributed by atoms with Crippen molar-refractivity contribution in [3.63, 3.8) is 0 Å². The monoisotopic (exact) mass is 313 g/mol. The van der Waals surface area contributed by atoms with Gasteiger partial charge in [0.1, 0.15) is 18.1 Å². The lowest BCUT2D eigenvalue weighted by Crippen LogP contribution is -2.02. The van der Waals surface area contributed by atoms with Gasteiger partial charge in [0.05, 0.1) is 26.1 Å². The molecule has 0 saturated carbocycles. The lowest BCUT2D eigenvalue weighted by Gasteiger charge is -2.07. The Kier molecular flexibility index (Phi) is 4.01. The quantitative estimate of drug-likeness (QED) is 0.782. The molecule has 0 amide bonds. The van der Waals surface area contributed by atoms with Gasteiger partial charge >= 0.3 is 0 Å². The molecule has 2 heterocycles. The molecule has 2 aromatic heterocycles. The van der Waals surface area contributed by atoms with Crippen LogP contribution in [-0.2, 0) is 6.54 Å². The minimum absolute atomic E-state index is 0.551. The van der Waals surface area contributed by atoms with Gasteiger partial charge in [0.25, 0.3) is 0 Å². The van der Waals surface area contributed by atoms with E-state index in [1.54, 1.807) is 18.9 Å². The maximum atomic E-state index is 5.32. The minimum atomic E-state index is 0.551. The van der Waals surface area contributed by atoms with Crippen LogP contribution in [0.5, 0.6) is 11.5 Å². The van der Waals surface area contributed by atoms with Gasteiger partial charge in [0.2, 0.25) is 0 Å². The first-order valence-corrected chi connectivity index (χ1v) is 7.25. The molecule has 0 bridgehead atoms.